The van der Waals surface area contributed by atoms with Gasteiger partial charge in [-0.05, 0) is 43.4 Å². The highest BCUT2D eigenvalue weighted by molar-refractivity contribution is 6.03. The summed E-state index contributed by atoms with van der Waals surface area (Å²) in [6.45, 7) is 14.6. The molecule has 1 N–H and O–H groups in total. The van der Waals surface area contributed by atoms with Gasteiger partial charge in [-0.2, -0.15) is 0 Å². The molecule has 7 atom stereocenters. The molecule has 3 amide bonds. The van der Waals surface area contributed by atoms with Crippen molar-refractivity contribution in [2.24, 2.45) is 17.8 Å². The summed E-state index contributed by atoms with van der Waals surface area (Å²) in [5, 5.41) is 10.8. The van der Waals surface area contributed by atoms with E-state index in [9.17, 15) is 19.5 Å². The van der Waals surface area contributed by atoms with E-state index < -0.39 is 35.1 Å². The van der Waals surface area contributed by atoms with Crippen molar-refractivity contribution >= 4 is 23.4 Å². The molecule has 0 aromatic heterocycles. The second-order valence-electron chi connectivity index (χ2n) is 12.9. The average molecular weight is 614 g/mol. The van der Waals surface area contributed by atoms with E-state index in [1.165, 1.54) is 0 Å². The lowest BCUT2D eigenvalue weighted by molar-refractivity contribution is -0.155. The molecule has 240 valence electrons. The van der Waals surface area contributed by atoms with Crippen LogP contribution < -0.4 is 4.90 Å². The molecule has 2 bridgehead atoms. The van der Waals surface area contributed by atoms with E-state index in [4.69, 9.17) is 4.74 Å². The molecule has 8 heteroatoms. The van der Waals surface area contributed by atoms with Crippen molar-refractivity contribution in [1.82, 2.24) is 9.80 Å². The number of aliphatic hydroxyl groups is 1. The number of anilines is 1. The number of para-hydroxylation sites is 1. The third-order valence-corrected chi connectivity index (χ3v) is 10.3. The van der Waals surface area contributed by atoms with Crippen LogP contribution in [0.4, 0.5) is 5.69 Å². The number of fused-ring (bicyclic) bond motifs is 1. The molecule has 0 saturated carbocycles. The molecule has 0 radical (unpaired) electrons. The number of amides is 3. The van der Waals surface area contributed by atoms with Gasteiger partial charge in [0.25, 0.3) is 0 Å². The number of carbonyl (C=O) groups is 3. The highest BCUT2D eigenvalue weighted by atomic mass is 16.5. The van der Waals surface area contributed by atoms with Gasteiger partial charge in [0.2, 0.25) is 17.7 Å². The summed E-state index contributed by atoms with van der Waals surface area (Å²) >= 11 is 0. The molecule has 3 aliphatic rings. The standard InChI is InChI=1S/C37H47N3O5/c1-6-9-16-23-38(21-7-2)35(44)32-37-24-26(4)36(5,45-37)30(33(42)39(22-8-3)28-19-14-11-15-20-28)31(37)34(43)40(32)29(25-41)27-17-12-10-13-18-27/h7-8,10-15,17-20,26,29-32,41H,2-3,6,9,16,21-25H2,1,4-5H3/t26?,29-,30-,31+,32?,36+,37?/m1/s1. The normalized spacial score (nSPS) is 28.9. The largest absolute Gasteiger partial charge is 0.394 e. The van der Waals surface area contributed by atoms with Crippen molar-refractivity contribution in [2.75, 3.05) is 31.1 Å². The predicted octanol–water partition coefficient (Wildman–Crippen LogP) is 5.15. The molecule has 3 unspecified atom stereocenters. The first kappa shape index (κ1) is 32.6. The Morgan fingerprint density at radius 1 is 1.04 bits per heavy atom. The van der Waals surface area contributed by atoms with Gasteiger partial charge in [-0.3, -0.25) is 14.4 Å². The summed E-state index contributed by atoms with van der Waals surface area (Å²) in [7, 11) is 0. The van der Waals surface area contributed by atoms with Gasteiger partial charge in [0.15, 0.2) is 0 Å². The highest BCUT2D eigenvalue weighted by Crippen LogP contribution is 2.66. The quantitative estimate of drug-likeness (QED) is 0.235. The van der Waals surface area contributed by atoms with E-state index in [0.29, 0.717) is 25.2 Å². The number of ether oxygens (including phenoxy) is 1. The zero-order valence-electron chi connectivity index (χ0n) is 26.8. The van der Waals surface area contributed by atoms with E-state index in [0.717, 1.165) is 24.8 Å². The molecule has 3 fully saturated rings. The van der Waals surface area contributed by atoms with Gasteiger partial charge in [-0.1, -0.05) is 87.4 Å². The molecule has 3 aliphatic heterocycles. The first-order valence-corrected chi connectivity index (χ1v) is 16.2. The maximum atomic E-state index is 14.9. The number of carbonyl (C=O) groups excluding carboxylic acids is 3. The Morgan fingerprint density at radius 3 is 2.29 bits per heavy atom. The number of hydrogen-bond acceptors (Lipinski definition) is 5. The molecule has 3 heterocycles. The van der Waals surface area contributed by atoms with Gasteiger partial charge in [-0.15, -0.1) is 13.2 Å². The fourth-order valence-electron chi connectivity index (χ4n) is 8.10. The van der Waals surface area contributed by atoms with Crippen LogP contribution in [0.2, 0.25) is 0 Å². The molecule has 2 aromatic carbocycles. The fraction of sp³-hybridized carbons (Fsp3) is 0.486. The van der Waals surface area contributed by atoms with Gasteiger partial charge < -0.3 is 24.5 Å². The molecule has 5 rings (SSSR count). The van der Waals surface area contributed by atoms with Crippen LogP contribution in [0.3, 0.4) is 0 Å². The topological polar surface area (TPSA) is 90.4 Å². The van der Waals surface area contributed by atoms with E-state index in [-0.39, 0.29) is 36.8 Å². The van der Waals surface area contributed by atoms with Crippen LogP contribution in [0.15, 0.2) is 86.0 Å². The number of benzene rings is 2. The van der Waals surface area contributed by atoms with Crippen LogP contribution in [0.25, 0.3) is 0 Å². The molecular weight excluding hydrogens is 566 g/mol. The minimum atomic E-state index is -1.23. The summed E-state index contributed by atoms with van der Waals surface area (Å²) in [6, 6.07) is 16.9. The maximum absolute atomic E-state index is 14.9. The first-order valence-electron chi connectivity index (χ1n) is 16.2. The van der Waals surface area contributed by atoms with Crippen molar-refractivity contribution in [3.05, 3.63) is 91.5 Å². The first-order chi connectivity index (χ1) is 21.7. The molecule has 2 aromatic rings. The number of unbranched alkanes of at least 4 members (excludes halogenated alkanes) is 2. The Bertz CT molecular complexity index is 1400. The lowest BCUT2D eigenvalue weighted by atomic mass is 9.62. The van der Waals surface area contributed by atoms with Crippen LogP contribution in [-0.2, 0) is 19.1 Å². The van der Waals surface area contributed by atoms with Gasteiger partial charge >= 0.3 is 0 Å². The monoisotopic (exact) mass is 613 g/mol. The molecule has 1 spiro atoms. The van der Waals surface area contributed by atoms with Crippen molar-refractivity contribution in [3.63, 3.8) is 0 Å². The number of likely N-dealkylation sites (tertiary alicyclic amines) is 1. The van der Waals surface area contributed by atoms with Gasteiger partial charge in [0.1, 0.15) is 11.6 Å². The zero-order valence-corrected chi connectivity index (χ0v) is 26.8. The third-order valence-electron chi connectivity index (χ3n) is 10.3. The van der Waals surface area contributed by atoms with Gasteiger partial charge in [0, 0.05) is 25.3 Å². The predicted molar refractivity (Wildman–Crippen MR) is 175 cm³/mol. The van der Waals surface area contributed by atoms with Crippen LogP contribution in [0.5, 0.6) is 0 Å². The molecule has 45 heavy (non-hydrogen) atoms. The Labute approximate surface area is 267 Å². The third kappa shape index (κ3) is 5.42. The van der Waals surface area contributed by atoms with Crippen LogP contribution >= 0.6 is 0 Å². The van der Waals surface area contributed by atoms with E-state index in [2.05, 4.69) is 20.1 Å². The second-order valence-corrected chi connectivity index (χ2v) is 12.9. The van der Waals surface area contributed by atoms with Crippen LogP contribution in [0, 0.1) is 17.8 Å². The number of nitrogens with zero attached hydrogens (tertiary/aromatic N) is 3. The van der Waals surface area contributed by atoms with E-state index in [1.807, 2.05) is 74.5 Å². The molecule has 3 saturated heterocycles. The SMILES string of the molecule is C=CCN(CCCCC)C(=O)C1N([C@H](CO)c2ccccc2)C(=O)[C@@H]2[C@H](C(=O)N(CC=C)c3ccccc3)[C@@]3(C)OC12CC3C. The summed E-state index contributed by atoms with van der Waals surface area (Å²) in [5.41, 5.74) is -0.775. The van der Waals surface area contributed by atoms with Crippen molar-refractivity contribution in [1.29, 1.82) is 0 Å². The van der Waals surface area contributed by atoms with Gasteiger partial charge in [-0.25, -0.2) is 0 Å². The van der Waals surface area contributed by atoms with Crippen LogP contribution in [-0.4, -0.2) is 76.1 Å². The number of hydrogen-bond donors (Lipinski definition) is 1. The average Bonchev–Trinajstić information content (AvgIpc) is 3.56. The Kier molecular flexibility index (Phi) is 9.65. The highest BCUT2D eigenvalue weighted by Gasteiger charge is 2.80. The summed E-state index contributed by atoms with van der Waals surface area (Å²) in [4.78, 5) is 49.5. The fourth-order valence-corrected chi connectivity index (χ4v) is 8.10. The van der Waals surface area contributed by atoms with Crippen molar-refractivity contribution in [3.8, 4) is 0 Å². The number of aliphatic hydroxyl groups excluding tert-OH is 1. The number of rotatable bonds is 14. The molecular formula is C37H47N3O5. The summed E-state index contributed by atoms with van der Waals surface area (Å²) in [6.07, 6.45) is 6.62. The maximum Gasteiger partial charge on any atom is 0.248 e. The second kappa shape index (κ2) is 13.3. The van der Waals surface area contributed by atoms with E-state index in [1.54, 1.807) is 26.9 Å². The Hall–Kier alpha value is -3.75. The minimum absolute atomic E-state index is 0.107. The molecule has 8 nitrogen and oxygen atoms in total. The zero-order chi connectivity index (χ0) is 32.4. The molecule has 0 aliphatic carbocycles. The van der Waals surface area contributed by atoms with Crippen molar-refractivity contribution in [2.45, 2.75) is 69.7 Å². The Balaban J connectivity index is 1.65. The van der Waals surface area contributed by atoms with Gasteiger partial charge in [0.05, 0.1) is 30.1 Å². The minimum Gasteiger partial charge on any atom is -0.394 e. The summed E-state index contributed by atoms with van der Waals surface area (Å²) < 4.78 is 7.01. The lowest BCUT2D eigenvalue weighted by Gasteiger charge is -2.39. The van der Waals surface area contributed by atoms with Crippen molar-refractivity contribution < 1.29 is 24.2 Å². The van der Waals surface area contributed by atoms with Crippen LogP contribution in [0.1, 0.15) is 58.1 Å². The van der Waals surface area contributed by atoms with E-state index >= 15 is 0 Å². The lowest BCUT2D eigenvalue weighted by Crippen LogP contribution is -2.57. The summed E-state index contributed by atoms with van der Waals surface area (Å²) in [5.74, 6) is -2.62. The Morgan fingerprint density at radius 2 is 1.69 bits per heavy atom. The smallest absolute Gasteiger partial charge is 0.248 e.